The van der Waals surface area contributed by atoms with Gasteiger partial charge >= 0.3 is 0 Å². The predicted octanol–water partition coefficient (Wildman–Crippen LogP) is 3.87. The molecule has 36 heavy (non-hydrogen) atoms. The number of hydrogen-bond acceptors (Lipinski definition) is 8. The first kappa shape index (κ1) is 24.8. The first-order chi connectivity index (χ1) is 17.2. The molecule has 2 heterocycles. The van der Waals surface area contributed by atoms with Gasteiger partial charge in [0.2, 0.25) is 0 Å². The van der Waals surface area contributed by atoms with Crippen LogP contribution in [0, 0.1) is 17.0 Å². The highest BCUT2D eigenvalue weighted by atomic mass is 19.1. The molecule has 11 heteroatoms. The average molecular weight is 496 g/mol. The second kappa shape index (κ2) is 10.1. The van der Waals surface area contributed by atoms with Gasteiger partial charge < -0.3 is 26.0 Å². The van der Waals surface area contributed by atoms with E-state index < -0.39 is 23.8 Å². The van der Waals surface area contributed by atoms with Gasteiger partial charge in [-0.1, -0.05) is 6.92 Å². The Bertz CT molecular complexity index is 1320. The van der Waals surface area contributed by atoms with Crippen molar-refractivity contribution < 1.29 is 18.3 Å². The van der Waals surface area contributed by atoms with Crippen LogP contribution in [-0.4, -0.2) is 52.3 Å². The Labute approximate surface area is 207 Å². The average Bonchev–Trinajstić information content (AvgIpc) is 2.85. The number of nitrogen functional groups attached to an aromatic ring is 1. The monoisotopic (exact) mass is 495 g/mol. The number of carbonyl (C=O) groups is 1. The number of anilines is 3. The summed E-state index contributed by atoms with van der Waals surface area (Å²) >= 11 is 0. The van der Waals surface area contributed by atoms with Gasteiger partial charge in [0.25, 0.3) is 5.91 Å². The molecule has 188 valence electrons. The number of ether oxygens (including phenoxy) is 1. The number of halogens is 2. The lowest BCUT2D eigenvalue weighted by Gasteiger charge is -2.41. The van der Waals surface area contributed by atoms with Crippen LogP contribution in [0.4, 0.5) is 26.1 Å². The summed E-state index contributed by atoms with van der Waals surface area (Å²) in [6.07, 6.45) is 1.45. The summed E-state index contributed by atoms with van der Waals surface area (Å²) in [5.74, 6) is -1.04. The van der Waals surface area contributed by atoms with Crippen molar-refractivity contribution in [2.24, 2.45) is 0 Å². The zero-order chi connectivity index (χ0) is 26.0. The number of aromatic nitrogens is 2. The third-order valence-corrected chi connectivity index (χ3v) is 5.98. The van der Waals surface area contributed by atoms with Crippen molar-refractivity contribution in [3.63, 3.8) is 0 Å². The van der Waals surface area contributed by atoms with E-state index >= 15 is 0 Å². The molecule has 1 amide bonds. The molecule has 0 fully saturated rings. The Balaban J connectivity index is 1.66. The maximum Gasteiger partial charge on any atom is 0.257 e. The van der Waals surface area contributed by atoms with Gasteiger partial charge in [-0.2, -0.15) is 0 Å². The summed E-state index contributed by atoms with van der Waals surface area (Å²) in [6, 6.07) is 7.78. The van der Waals surface area contributed by atoms with Crippen LogP contribution >= 0.6 is 0 Å². The summed E-state index contributed by atoms with van der Waals surface area (Å²) < 4.78 is 33.1. The van der Waals surface area contributed by atoms with Crippen LogP contribution in [0.25, 0.3) is 0 Å². The van der Waals surface area contributed by atoms with E-state index in [4.69, 9.17) is 15.9 Å². The van der Waals surface area contributed by atoms with Crippen molar-refractivity contribution in [3.8, 4) is 5.75 Å². The van der Waals surface area contributed by atoms with Crippen molar-refractivity contribution >= 4 is 28.9 Å². The zero-order valence-corrected chi connectivity index (χ0v) is 20.1. The molecular weight excluding hydrogens is 468 g/mol. The Kier molecular flexibility index (Phi) is 7.00. The van der Waals surface area contributed by atoms with E-state index in [1.54, 1.807) is 11.0 Å². The van der Waals surface area contributed by atoms with Crippen LogP contribution in [0.1, 0.15) is 41.8 Å². The number of nitrogens with one attached hydrogen (secondary N) is 3. The maximum atomic E-state index is 14.3. The van der Waals surface area contributed by atoms with Crippen LogP contribution in [0.5, 0.6) is 5.75 Å². The van der Waals surface area contributed by atoms with Crippen molar-refractivity contribution in [2.75, 3.05) is 30.0 Å². The van der Waals surface area contributed by atoms with Crippen LogP contribution in [-0.2, 0) is 0 Å². The molecule has 5 N–H and O–H groups in total. The molecule has 0 aliphatic carbocycles. The largest absolute Gasteiger partial charge is 0.494 e. The molecule has 2 unspecified atom stereocenters. The normalized spacial score (nSPS) is 15.6. The quantitative estimate of drug-likeness (QED) is 0.349. The first-order valence-corrected chi connectivity index (χ1v) is 11.4. The van der Waals surface area contributed by atoms with Gasteiger partial charge in [0.05, 0.1) is 30.0 Å². The SMILES string of the molecule is CCCN1C(=O)c2cc(F)ccc2NC1C(C)Nc1ncnc(N)c1C(=N)c1ccc(OC)c(F)c1. The van der Waals surface area contributed by atoms with E-state index in [0.717, 1.165) is 0 Å². The van der Waals surface area contributed by atoms with Crippen molar-refractivity contribution in [2.45, 2.75) is 32.5 Å². The molecule has 0 bridgehead atoms. The molecule has 0 saturated heterocycles. The van der Waals surface area contributed by atoms with Gasteiger partial charge in [-0.3, -0.25) is 10.2 Å². The third kappa shape index (κ3) is 4.64. The molecular formula is C25H27F2N7O2. The standard InChI is InChI=1S/C25H27F2N7O2/c1-4-9-34-24(33-18-7-6-15(26)11-16(18)25(34)35)13(2)32-23-20(22(29)30-12-31-23)21(28)14-5-8-19(36-3)17(27)10-14/h5-8,10-13,24,28,33H,4,9H2,1-3H3,(H3,29,30,31,32). The summed E-state index contributed by atoms with van der Waals surface area (Å²) in [4.78, 5) is 23.1. The van der Waals surface area contributed by atoms with Gasteiger partial charge in [-0.25, -0.2) is 18.7 Å². The Hall–Kier alpha value is -4.28. The number of benzene rings is 2. The third-order valence-electron chi connectivity index (χ3n) is 5.98. The lowest BCUT2D eigenvalue weighted by molar-refractivity contribution is 0.0670. The minimum Gasteiger partial charge on any atom is -0.494 e. The van der Waals surface area contributed by atoms with E-state index in [-0.39, 0.29) is 45.7 Å². The fourth-order valence-electron chi connectivity index (χ4n) is 4.23. The number of amides is 1. The summed E-state index contributed by atoms with van der Waals surface area (Å²) in [5, 5.41) is 15.2. The number of carbonyl (C=O) groups excluding carboxylic acids is 1. The highest BCUT2D eigenvalue weighted by molar-refractivity contribution is 6.16. The zero-order valence-electron chi connectivity index (χ0n) is 20.1. The van der Waals surface area contributed by atoms with Crippen LogP contribution in [0.3, 0.4) is 0 Å². The smallest absolute Gasteiger partial charge is 0.257 e. The molecule has 1 aliphatic heterocycles. The maximum absolute atomic E-state index is 14.3. The van der Waals surface area contributed by atoms with Crippen molar-refractivity contribution in [1.29, 1.82) is 5.41 Å². The summed E-state index contributed by atoms with van der Waals surface area (Å²) in [6.45, 7) is 4.24. The molecule has 9 nitrogen and oxygen atoms in total. The van der Waals surface area contributed by atoms with E-state index in [0.29, 0.717) is 18.7 Å². The van der Waals surface area contributed by atoms with Crippen molar-refractivity contribution in [1.82, 2.24) is 14.9 Å². The predicted molar refractivity (Wildman–Crippen MR) is 134 cm³/mol. The molecule has 0 saturated carbocycles. The van der Waals surface area contributed by atoms with E-state index in [2.05, 4.69) is 20.6 Å². The highest BCUT2D eigenvalue weighted by Crippen LogP contribution is 2.30. The molecule has 2 atom stereocenters. The van der Waals surface area contributed by atoms with Gasteiger partial charge in [0.15, 0.2) is 11.6 Å². The Morgan fingerprint density at radius 2 is 2.06 bits per heavy atom. The van der Waals surface area contributed by atoms with E-state index in [9.17, 15) is 13.6 Å². The first-order valence-electron chi connectivity index (χ1n) is 11.4. The van der Waals surface area contributed by atoms with Gasteiger partial charge in [0.1, 0.15) is 29.9 Å². The van der Waals surface area contributed by atoms with Crippen LogP contribution in [0.15, 0.2) is 42.7 Å². The van der Waals surface area contributed by atoms with E-state index in [1.165, 1.54) is 43.8 Å². The second-order valence-electron chi connectivity index (χ2n) is 8.42. The minimum absolute atomic E-state index is 0.0415. The number of fused-ring (bicyclic) bond motifs is 1. The second-order valence-corrected chi connectivity index (χ2v) is 8.42. The van der Waals surface area contributed by atoms with Crippen LogP contribution < -0.4 is 21.1 Å². The number of hydrogen-bond donors (Lipinski definition) is 4. The Morgan fingerprint density at radius 1 is 1.28 bits per heavy atom. The van der Waals surface area contributed by atoms with Gasteiger partial charge in [-0.15, -0.1) is 0 Å². The lowest BCUT2D eigenvalue weighted by atomic mass is 10.0. The molecule has 1 aliphatic rings. The molecule has 2 aromatic carbocycles. The van der Waals surface area contributed by atoms with Crippen molar-refractivity contribution in [3.05, 3.63) is 71.1 Å². The number of nitrogens with two attached hydrogens (primary N) is 1. The lowest BCUT2D eigenvalue weighted by Crippen LogP contribution is -2.56. The number of nitrogens with zero attached hydrogens (tertiary/aromatic N) is 3. The van der Waals surface area contributed by atoms with Gasteiger partial charge in [-0.05, 0) is 49.7 Å². The molecule has 3 aromatic rings. The molecule has 0 radical (unpaired) electrons. The van der Waals surface area contributed by atoms with Crippen LogP contribution in [0.2, 0.25) is 0 Å². The number of methoxy groups -OCH3 is 1. The van der Waals surface area contributed by atoms with E-state index in [1.807, 2.05) is 13.8 Å². The fourth-order valence-corrected chi connectivity index (χ4v) is 4.23. The summed E-state index contributed by atoms with van der Waals surface area (Å²) in [5.41, 5.74) is 7.29. The topological polar surface area (TPSA) is 129 Å². The summed E-state index contributed by atoms with van der Waals surface area (Å²) in [7, 11) is 1.36. The molecule has 0 spiro atoms. The molecule has 1 aromatic heterocycles. The Morgan fingerprint density at radius 3 is 2.75 bits per heavy atom. The molecule has 4 rings (SSSR count). The van der Waals surface area contributed by atoms with Gasteiger partial charge in [0, 0.05) is 17.8 Å². The highest BCUT2D eigenvalue weighted by Gasteiger charge is 2.35. The number of rotatable bonds is 8. The fraction of sp³-hybridized carbons (Fsp3) is 0.280. The minimum atomic E-state index is -0.617.